The smallest absolute Gasteiger partial charge is 0.407 e. The first kappa shape index (κ1) is 30.5. The number of hydrogen-bond acceptors (Lipinski definition) is 9. The molecular weight excluding hydrogens is 544 g/mol. The van der Waals surface area contributed by atoms with Gasteiger partial charge < -0.3 is 19.5 Å². The van der Waals surface area contributed by atoms with Crippen molar-refractivity contribution in [2.45, 2.75) is 71.8 Å². The summed E-state index contributed by atoms with van der Waals surface area (Å²) in [7, 11) is 0. The van der Waals surface area contributed by atoms with Crippen LogP contribution in [0.25, 0.3) is 10.9 Å². The number of alkyl carbamates (subject to hydrolysis) is 1. The van der Waals surface area contributed by atoms with Crippen LogP contribution in [0.15, 0.2) is 48.7 Å². The van der Waals surface area contributed by atoms with E-state index in [0.29, 0.717) is 30.3 Å². The van der Waals surface area contributed by atoms with E-state index in [4.69, 9.17) is 19.0 Å². The molecule has 0 fully saturated rings. The number of hydroxylamine groups is 2. The number of carbonyl (C=O) groups excluding carboxylic acids is 4. The molecule has 0 saturated heterocycles. The van der Waals surface area contributed by atoms with E-state index in [2.05, 4.69) is 10.4 Å². The number of ether oxygens (including phenoxy) is 3. The van der Waals surface area contributed by atoms with Crippen LogP contribution in [0.4, 0.5) is 4.79 Å². The van der Waals surface area contributed by atoms with Gasteiger partial charge in [-0.25, -0.2) is 14.4 Å². The fourth-order valence-electron chi connectivity index (χ4n) is 4.08. The van der Waals surface area contributed by atoms with Crippen LogP contribution in [0.5, 0.6) is 5.75 Å². The fourth-order valence-corrected chi connectivity index (χ4v) is 4.08. The average Bonchev–Trinajstić information content (AvgIpc) is 3.40. The van der Waals surface area contributed by atoms with Gasteiger partial charge in [-0.05, 0) is 78.3 Å². The molecule has 1 unspecified atom stereocenters. The van der Waals surface area contributed by atoms with Gasteiger partial charge in [-0.2, -0.15) is 5.10 Å². The molecule has 224 valence electrons. The summed E-state index contributed by atoms with van der Waals surface area (Å²) in [5.41, 5.74) is -0.286. The lowest BCUT2D eigenvalue weighted by molar-refractivity contribution is -0.193. The second-order valence-electron chi connectivity index (χ2n) is 11.8. The molecule has 1 aliphatic rings. The van der Waals surface area contributed by atoms with Crippen LogP contribution in [0.3, 0.4) is 0 Å². The van der Waals surface area contributed by atoms with E-state index in [-0.39, 0.29) is 17.7 Å². The van der Waals surface area contributed by atoms with Gasteiger partial charge >= 0.3 is 12.1 Å². The van der Waals surface area contributed by atoms with Crippen LogP contribution in [0, 0.1) is 0 Å². The van der Waals surface area contributed by atoms with E-state index in [1.165, 1.54) is 12.1 Å². The Labute approximate surface area is 243 Å². The number of benzene rings is 2. The summed E-state index contributed by atoms with van der Waals surface area (Å²) in [6.45, 7) is 11.2. The molecule has 1 aliphatic heterocycles. The molecule has 0 aliphatic carbocycles. The van der Waals surface area contributed by atoms with Crippen molar-refractivity contribution in [3.8, 4) is 5.75 Å². The second kappa shape index (κ2) is 12.2. The van der Waals surface area contributed by atoms with Crippen molar-refractivity contribution >= 4 is 34.8 Å². The van der Waals surface area contributed by atoms with Crippen molar-refractivity contribution < 1.29 is 38.2 Å². The highest BCUT2D eigenvalue weighted by molar-refractivity contribution is 6.20. The number of aromatic nitrogens is 2. The largest absolute Gasteiger partial charge is 0.490 e. The summed E-state index contributed by atoms with van der Waals surface area (Å²) >= 11 is 0. The SMILES string of the molecule is CC(C)(C)OC(=O)NCCCn1cc2cc(OCC(ON3C(=O)c4ccccc4C3=O)C(=O)OC(C)(C)C)ccc2n1. The van der Waals surface area contributed by atoms with Gasteiger partial charge in [-0.15, -0.1) is 5.06 Å². The van der Waals surface area contributed by atoms with Crippen LogP contribution in [0.2, 0.25) is 0 Å². The predicted molar refractivity (Wildman–Crippen MR) is 152 cm³/mol. The number of rotatable bonds is 10. The maximum atomic E-state index is 13.0. The molecule has 42 heavy (non-hydrogen) atoms. The lowest BCUT2D eigenvalue weighted by atomic mass is 10.1. The molecule has 12 nitrogen and oxygen atoms in total. The van der Waals surface area contributed by atoms with Crippen LogP contribution in [-0.2, 0) is 25.7 Å². The van der Waals surface area contributed by atoms with Gasteiger partial charge in [0.2, 0.25) is 6.10 Å². The van der Waals surface area contributed by atoms with Crippen molar-refractivity contribution in [3.05, 3.63) is 59.8 Å². The third-order valence-corrected chi connectivity index (χ3v) is 5.82. The standard InChI is InChI=1S/C30H36N4O8/c1-29(2,3)40-27(37)24(42-34-25(35)21-10-7-8-11-22(21)26(34)36)18-39-20-12-13-23-19(16-20)17-33(32-23)15-9-14-31-28(38)41-30(4,5)6/h7-8,10-13,16-17,24H,9,14-15,18H2,1-6H3,(H,31,38). The first-order chi connectivity index (χ1) is 19.7. The fraction of sp³-hybridized carbons (Fsp3) is 0.433. The molecule has 2 heterocycles. The van der Waals surface area contributed by atoms with Gasteiger partial charge in [0.05, 0.1) is 16.6 Å². The van der Waals surface area contributed by atoms with Gasteiger partial charge in [-0.3, -0.25) is 14.3 Å². The zero-order chi connectivity index (χ0) is 30.7. The van der Waals surface area contributed by atoms with E-state index in [1.807, 2.05) is 6.20 Å². The minimum Gasteiger partial charge on any atom is -0.490 e. The summed E-state index contributed by atoms with van der Waals surface area (Å²) < 4.78 is 18.3. The van der Waals surface area contributed by atoms with E-state index in [0.717, 1.165) is 10.9 Å². The maximum Gasteiger partial charge on any atom is 0.407 e. The van der Waals surface area contributed by atoms with Gasteiger partial charge in [0.15, 0.2) is 0 Å². The Hall–Kier alpha value is -4.45. The highest BCUT2D eigenvalue weighted by Gasteiger charge is 2.40. The van der Waals surface area contributed by atoms with Crippen molar-refractivity contribution in [2.24, 2.45) is 0 Å². The van der Waals surface area contributed by atoms with Crippen molar-refractivity contribution in [2.75, 3.05) is 13.2 Å². The van der Waals surface area contributed by atoms with Gasteiger partial charge in [0.25, 0.3) is 11.8 Å². The monoisotopic (exact) mass is 580 g/mol. The summed E-state index contributed by atoms with van der Waals surface area (Å²) in [6.07, 6.45) is 0.619. The minimum absolute atomic E-state index is 0.189. The van der Waals surface area contributed by atoms with E-state index >= 15 is 0 Å². The highest BCUT2D eigenvalue weighted by Crippen LogP contribution is 2.25. The van der Waals surface area contributed by atoms with E-state index in [1.54, 1.807) is 76.6 Å². The Morgan fingerprint density at radius 1 is 0.929 bits per heavy atom. The molecule has 0 spiro atoms. The third-order valence-electron chi connectivity index (χ3n) is 5.82. The molecule has 1 aromatic heterocycles. The van der Waals surface area contributed by atoms with Gasteiger partial charge in [0.1, 0.15) is 23.6 Å². The molecule has 3 aromatic rings. The number of nitrogens with zero attached hydrogens (tertiary/aromatic N) is 3. The van der Waals surface area contributed by atoms with Gasteiger partial charge in [-0.1, -0.05) is 12.1 Å². The number of amides is 3. The number of nitrogens with one attached hydrogen (secondary N) is 1. The van der Waals surface area contributed by atoms with Crippen molar-refractivity contribution in [3.63, 3.8) is 0 Å². The summed E-state index contributed by atoms with van der Waals surface area (Å²) in [4.78, 5) is 56.0. The van der Waals surface area contributed by atoms with Crippen molar-refractivity contribution in [1.29, 1.82) is 0 Å². The van der Waals surface area contributed by atoms with E-state index in [9.17, 15) is 19.2 Å². The Bertz CT molecular complexity index is 1450. The summed E-state index contributed by atoms with van der Waals surface area (Å²) in [6, 6.07) is 11.5. The second-order valence-corrected chi connectivity index (χ2v) is 11.8. The lowest BCUT2D eigenvalue weighted by Gasteiger charge is -2.26. The zero-order valence-corrected chi connectivity index (χ0v) is 24.6. The van der Waals surface area contributed by atoms with Crippen molar-refractivity contribution in [1.82, 2.24) is 20.2 Å². The quantitative estimate of drug-likeness (QED) is 0.212. The number of aryl methyl sites for hydroxylation is 1. The zero-order valence-electron chi connectivity index (χ0n) is 24.6. The molecule has 3 amide bonds. The Balaban J connectivity index is 1.39. The summed E-state index contributed by atoms with van der Waals surface area (Å²) in [5.74, 6) is -1.69. The van der Waals surface area contributed by atoms with Gasteiger partial charge in [0, 0.05) is 24.7 Å². The molecule has 4 rings (SSSR count). The Kier molecular flexibility index (Phi) is 8.86. The Morgan fingerprint density at radius 3 is 2.19 bits per heavy atom. The molecule has 0 saturated carbocycles. The molecule has 0 radical (unpaired) electrons. The highest BCUT2D eigenvalue weighted by atomic mass is 16.7. The molecule has 2 aromatic carbocycles. The maximum absolute atomic E-state index is 13.0. The molecular formula is C30H36N4O8. The van der Waals surface area contributed by atoms with Crippen LogP contribution < -0.4 is 10.1 Å². The number of imide groups is 1. The van der Waals surface area contributed by atoms with Crippen LogP contribution in [-0.4, -0.2) is 69.2 Å². The predicted octanol–water partition coefficient (Wildman–Crippen LogP) is 4.27. The Morgan fingerprint density at radius 2 is 1.57 bits per heavy atom. The molecule has 1 N–H and O–H groups in total. The van der Waals surface area contributed by atoms with E-state index < -0.39 is 41.2 Å². The third kappa shape index (κ3) is 7.84. The number of hydrogen-bond donors (Lipinski definition) is 1. The lowest BCUT2D eigenvalue weighted by Crippen LogP contribution is -2.43. The molecule has 0 bridgehead atoms. The number of fused-ring (bicyclic) bond motifs is 2. The first-order valence-corrected chi connectivity index (χ1v) is 13.6. The summed E-state index contributed by atoms with van der Waals surface area (Å²) in [5, 5.41) is 8.63. The minimum atomic E-state index is -1.40. The number of carbonyl (C=O) groups is 4. The number of esters is 1. The van der Waals surface area contributed by atoms with Crippen LogP contribution in [0.1, 0.15) is 68.7 Å². The molecule has 1 atom stereocenters. The average molecular weight is 581 g/mol. The van der Waals surface area contributed by atoms with Crippen LogP contribution >= 0.6 is 0 Å². The normalized spacial score (nSPS) is 14.1. The first-order valence-electron chi connectivity index (χ1n) is 13.6. The molecule has 12 heteroatoms. The topological polar surface area (TPSA) is 138 Å².